The van der Waals surface area contributed by atoms with Gasteiger partial charge in [-0.3, -0.25) is 0 Å². The van der Waals surface area contributed by atoms with Crippen LogP contribution in [-0.2, 0) is 0 Å². The first kappa shape index (κ1) is 13.0. The van der Waals surface area contributed by atoms with Gasteiger partial charge in [0.15, 0.2) is 5.82 Å². The van der Waals surface area contributed by atoms with Crippen LogP contribution in [0.4, 0.5) is 0 Å². The molecule has 5 nitrogen and oxygen atoms in total. The zero-order valence-electron chi connectivity index (χ0n) is 11.2. The second-order valence-electron chi connectivity index (χ2n) is 5.32. The van der Waals surface area contributed by atoms with Gasteiger partial charge in [-0.2, -0.15) is 4.98 Å². The summed E-state index contributed by atoms with van der Waals surface area (Å²) in [6.07, 6.45) is 7.06. The molecule has 1 fully saturated rings. The van der Waals surface area contributed by atoms with Crippen molar-refractivity contribution in [1.82, 2.24) is 10.1 Å². The van der Waals surface area contributed by atoms with E-state index in [1.165, 1.54) is 37.8 Å². The van der Waals surface area contributed by atoms with Gasteiger partial charge in [0.2, 0.25) is 0 Å². The van der Waals surface area contributed by atoms with E-state index < -0.39 is 0 Å². The molecule has 0 atom stereocenters. The Labute approximate surface area is 117 Å². The highest BCUT2D eigenvalue weighted by Crippen LogP contribution is 2.37. The van der Waals surface area contributed by atoms with Crippen LogP contribution in [0.5, 0.6) is 11.5 Å². The Morgan fingerprint density at radius 2 is 1.65 bits per heavy atom. The van der Waals surface area contributed by atoms with Crippen LogP contribution in [0, 0.1) is 0 Å². The van der Waals surface area contributed by atoms with Crippen LogP contribution in [0.2, 0.25) is 0 Å². The Balaban J connectivity index is 1.90. The molecule has 0 radical (unpaired) electrons. The van der Waals surface area contributed by atoms with Crippen molar-refractivity contribution in [1.29, 1.82) is 0 Å². The van der Waals surface area contributed by atoms with E-state index in [1.807, 2.05) is 0 Å². The van der Waals surface area contributed by atoms with Gasteiger partial charge in [-0.15, -0.1) is 0 Å². The summed E-state index contributed by atoms with van der Waals surface area (Å²) < 4.78 is 5.23. The number of aromatic nitrogens is 2. The van der Waals surface area contributed by atoms with Gasteiger partial charge in [-0.25, -0.2) is 0 Å². The van der Waals surface area contributed by atoms with Crippen LogP contribution in [0.1, 0.15) is 50.3 Å². The molecule has 1 saturated carbocycles. The van der Waals surface area contributed by atoms with Crippen LogP contribution in [0.25, 0.3) is 11.5 Å². The normalized spacial score (nSPS) is 17.0. The van der Waals surface area contributed by atoms with Crippen molar-refractivity contribution in [2.24, 2.45) is 0 Å². The molecule has 5 heteroatoms. The van der Waals surface area contributed by atoms with E-state index in [-0.39, 0.29) is 23.0 Å². The predicted molar refractivity (Wildman–Crippen MR) is 73.5 cm³/mol. The average molecular weight is 274 g/mol. The molecule has 1 heterocycles. The van der Waals surface area contributed by atoms with E-state index >= 15 is 0 Å². The first-order valence-electron chi connectivity index (χ1n) is 7.10. The summed E-state index contributed by atoms with van der Waals surface area (Å²) in [6.45, 7) is 0. The molecule has 0 aliphatic heterocycles. The molecule has 1 aromatic heterocycles. The minimum absolute atomic E-state index is 0.0546. The van der Waals surface area contributed by atoms with E-state index in [4.69, 9.17) is 4.52 Å². The van der Waals surface area contributed by atoms with Crippen LogP contribution < -0.4 is 0 Å². The van der Waals surface area contributed by atoms with Gasteiger partial charge in [-0.1, -0.05) is 36.9 Å². The summed E-state index contributed by atoms with van der Waals surface area (Å²) in [6, 6.07) is 4.55. The molecule has 1 aromatic carbocycles. The molecule has 106 valence electrons. The number of benzene rings is 1. The van der Waals surface area contributed by atoms with Gasteiger partial charge in [0.25, 0.3) is 5.89 Å². The largest absolute Gasteiger partial charge is 0.507 e. The molecule has 1 aliphatic carbocycles. The topological polar surface area (TPSA) is 79.4 Å². The maximum absolute atomic E-state index is 9.82. The smallest absolute Gasteiger partial charge is 0.265 e. The van der Waals surface area contributed by atoms with E-state index in [0.29, 0.717) is 11.7 Å². The van der Waals surface area contributed by atoms with Gasteiger partial charge in [0, 0.05) is 5.92 Å². The summed E-state index contributed by atoms with van der Waals surface area (Å²) in [5.41, 5.74) is 0.208. The van der Waals surface area contributed by atoms with Crippen molar-refractivity contribution in [3.63, 3.8) is 0 Å². The van der Waals surface area contributed by atoms with Crippen molar-refractivity contribution in [2.45, 2.75) is 44.4 Å². The molecule has 1 aliphatic rings. The van der Waals surface area contributed by atoms with Gasteiger partial charge in [0.05, 0.1) is 0 Å². The molecule has 0 bridgehead atoms. The molecule has 0 amide bonds. The molecular formula is C15H18N2O3. The van der Waals surface area contributed by atoms with Crippen molar-refractivity contribution in [2.75, 3.05) is 0 Å². The van der Waals surface area contributed by atoms with Gasteiger partial charge >= 0.3 is 0 Å². The lowest BCUT2D eigenvalue weighted by molar-refractivity contribution is 0.401. The van der Waals surface area contributed by atoms with Crippen LogP contribution >= 0.6 is 0 Å². The second kappa shape index (κ2) is 5.53. The summed E-state index contributed by atoms with van der Waals surface area (Å²) in [5, 5.41) is 23.7. The maximum Gasteiger partial charge on any atom is 0.265 e. The Hall–Kier alpha value is -2.04. The Bertz CT molecular complexity index is 566. The minimum Gasteiger partial charge on any atom is -0.507 e. The monoisotopic (exact) mass is 274 g/mol. The number of rotatable bonds is 2. The summed E-state index contributed by atoms with van der Waals surface area (Å²) >= 11 is 0. The van der Waals surface area contributed by atoms with Crippen molar-refractivity contribution < 1.29 is 14.7 Å². The number of phenolic OH excluding ortho intramolecular Hbond substituents is 2. The lowest BCUT2D eigenvalue weighted by Crippen LogP contribution is -1.99. The van der Waals surface area contributed by atoms with E-state index in [2.05, 4.69) is 10.1 Å². The van der Waals surface area contributed by atoms with Crippen molar-refractivity contribution in [3.05, 3.63) is 24.0 Å². The summed E-state index contributed by atoms with van der Waals surface area (Å²) in [4.78, 5) is 4.37. The number of hydrogen-bond donors (Lipinski definition) is 2. The molecule has 20 heavy (non-hydrogen) atoms. The highest BCUT2D eigenvalue weighted by atomic mass is 16.5. The van der Waals surface area contributed by atoms with Crippen molar-refractivity contribution in [3.8, 4) is 23.0 Å². The quantitative estimate of drug-likeness (QED) is 0.818. The molecule has 0 unspecified atom stereocenters. The molecule has 3 rings (SSSR count). The zero-order chi connectivity index (χ0) is 13.9. The van der Waals surface area contributed by atoms with Crippen molar-refractivity contribution >= 4 is 0 Å². The number of nitrogens with zero attached hydrogens (tertiary/aromatic N) is 2. The lowest BCUT2D eigenvalue weighted by atomic mass is 10.00. The molecule has 2 N–H and O–H groups in total. The third-order valence-corrected chi connectivity index (χ3v) is 3.90. The van der Waals surface area contributed by atoms with Crippen LogP contribution in [0.15, 0.2) is 22.7 Å². The van der Waals surface area contributed by atoms with E-state index in [0.717, 1.165) is 12.8 Å². The minimum atomic E-state index is -0.0546. The molecule has 0 saturated heterocycles. The lowest BCUT2D eigenvalue weighted by Gasteiger charge is -2.07. The Kier molecular flexibility index (Phi) is 3.58. The van der Waals surface area contributed by atoms with Gasteiger partial charge in [0.1, 0.15) is 17.1 Å². The first-order valence-corrected chi connectivity index (χ1v) is 7.10. The molecule has 0 spiro atoms. The summed E-state index contributed by atoms with van der Waals surface area (Å²) in [5.74, 6) is 1.08. The highest BCUT2D eigenvalue weighted by molar-refractivity contribution is 5.69. The second-order valence-corrected chi connectivity index (χ2v) is 5.32. The standard InChI is InChI=1S/C15H18N2O3/c18-11-8-5-9-12(19)13(11)15-16-14(17-20-15)10-6-3-1-2-4-7-10/h5,8-10,18-19H,1-4,6-7H2. The predicted octanol–water partition coefficient (Wildman–Crippen LogP) is 3.59. The third kappa shape index (κ3) is 2.48. The number of hydrogen-bond acceptors (Lipinski definition) is 5. The zero-order valence-corrected chi connectivity index (χ0v) is 11.2. The SMILES string of the molecule is Oc1cccc(O)c1-c1nc(C2CCCCCC2)no1. The first-order chi connectivity index (χ1) is 9.75. The maximum atomic E-state index is 9.82. The fourth-order valence-electron chi connectivity index (χ4n) is 2.79. The average Bonchev–Trinajstić information content (AvgIpc) is 2.74. The fraction of sp³-hybridized carbons (Fsp3) is 0.467. The van der Waals surface area contributed by atoms with E-state index in [9.17, 15) is 10.2 Å². The van der Waals surface area contributed by atoms with E-state index in [1.54, 1.807) is 6.07 Å². The van der Waals surface area contributed by atoms with Gasteiger partial charge in [-0.05, 0) is 25.0 Å². The third-order valence-electron chi connectivity index (χ3n) is 3.90. The van der Waals surface area contributed by atoms with Crippen LogP contribution in [0.3, 0.4) is 0 Å². The molecular weight excluding hydrogens is 256 g/mol. The Morgan fingerprint density at radius 3 is 2.30 bits per heavy atom. The summed E-state index contributed by atoms with van der Waals surface area (Å²) in [7, 11) is 0. The highest BCUT2D eigenvalue weighted by Gasteiger charge is 2.22. The van der Waals surface area contributed by atoms with Gasteiger partial charge < -0.3 is 14.7 Å². The molecule has 2 aromatic rings. The number of phenols is 2. The number of aromatic hydroxyl groups is 2. The van der Waals surface area contributed by atoms with Crippen LogP contribution in [-0.4, -0.2) is 20.4 Å². The fourth-order valence-corrected chi connectivity index (χ4v) is 2.79. The Morgan fingerprint density at radius 1 is 1.00 bits per heavy atom.